The second-order valence-electron chi connectivity index (χ2n) is 9.39. The first-order chi connectivity index (χ1) is 18.8. The van der Waals surface area contributed by atoms with Gasteiger partial charge in [-0.25, -0.2) is 8.42 Å². The Bertz CT molecular complexity index is 1350. The molecule has 0 aliphatic carbocycles. The molecule has 0 aromatic heterocycles. The highest BCUT2D eigenvalue weighted by molar-refractivity contribution is 7.90. The first kappa shape index (κ1) is 28.6. The molecule has 0 bridgehead atoms. The summed E-state index contributed by atoms with van der Waals surface area (Å²) in [6.07, 6.45) is 2.75. The molecule has 2 atom stereocenters. The van der Waals surface area contributed by atoms with E-state index in [1.807, 2.05) is 55.5 Å². The van der Waals surface area contributed by atoms with Crippen molar-refractivity contribution in [1.29, 1.82) is 0 Å². The van der Waals surface area contributed by atoms with Crippen LogP contribution < -0.4 is 23.7 Å². The van der Waals surface area contributed by atoms with Gasteiger partial charge in [0.05, 0.1) is 40.1 Å². The molecule has 210 valence electrons. The van der Waals surface area contributed by atoms with Crippen LogP contribution >= 0.6 is 0 Å². The molecule has 0 radical (unpaired) electrons. The lowest BCUT2D eigenvalue weighted by Gasteiger charge is -2.21. The zero-order chi connectivity index (χ0) is 28.0. The zero-order valence-electron chi connectivity index (χ0n) is 23.1. The molecule has 1 aliphatic rings. The topological polar surface area (TPSA) is 89.5 Å². The number of hydrogen-bond acceptors (Lipinski definition) is 8. The molecule has 1 heterocycles. The molecular formula is C30H36O8S. The van der Waals surface area contributed by atoms with Crippen LogP contribution in [0.2, 0.25) is 0 Å². The Kier molecular flexibility index (Phi) is 9.24. The van der Waals surface area contributed by atoms with Crippen LogP contribution in [0, 0.1) is 0 Å². The number of rotatable bonds is 12. The highest BCUT2D eigenvalue weighted by Crippen LogP contribution is 2.48. The third-order valence-corrected chi connectivity index (χ3v) is 7.68. The molecule has 0 N–H and O–H groups in total. The van der Waals surface area contributed by atoms with Crippen molar-refractivity contribution in [3.8, 4) is 28.7 Å². The molecule has 8 nitrogen and oxygen atoms in total. The van der Waals surface area contributed by atoms with Gasteiger partial charge in [-0.3, -0.25) is 0 Å². The van der Waals surface area contributed by atoms with Gasteiger partial charge in [0.25, 0.3) is 0 Å². The highest BCUT2D eigenvalue weighted by atomic mass is 32.2. The fourth-order valence-electron chi connectivity index (χ4n) is 4.66. The molecular weight excluding hydrogens is 520 g/mol. The highest BCUT2D eigenvalue weighted by Gasteiger charge is 2.32. The van der Waals surface area contributed by atoms with Crippen LogP contribution in [0.1, 0.15) is 55.1 Å². The van der Waals surface area contributed by atoms with Gasteiger partial charge in [-0.15, -0.1) is 0 Å². The Morgan fingerprint density at radius 2 is 1.38 bits per heavy atom. The van der Waals surface area contributed by atoms with Crippen molar-refractivity contribution in [2.24, 2.45) is 0 Å². The summed E-state index contributed by atoms with van der Waals surface area (Å²) in [5, 5.41) is 0. The maximum atomic E-state index is 12.9. The Morgan fingerprint density at radius 1 is 0.795 bits per heavy atom. The van der Waals surface area contributed by atoms with E-state index in [0.29, 0.717) is 36.0 Å². The normalized spacial score (nSPS) is 17.1. The van der Waals surface area contributed by atoms with Crippen molar-refractivity contribution in [1.82, 2.24) is 0 Å². The predicted molar refractivity (Wildman–Crippen MR) is 148 cm³/mol. The van der Waals surface area contributed by atoms with Gasteiger partial charge in [0, 0.05) is 6.26 Å². The van der Waals surface area contributed by atoms with E-state index >= 15 is 0 Å². The first-order valence-electron chi connectivity index (χ1n) is 12.9. The Hall–Kier alpha value is -3.43. The lowest BCUT2D eigenvalue weighted by Crippen LogP contribution is -2.09. The van der Waals surface area contributed by atoms with E-state index < -0.39 is 9.84 Å². The summed E-state index contributed by atoms with van der Waals surface area (Å²) in [7, 11) is 1.09. The lowest BCUT2D eigenvalue weighted by atomic mass is 10.0. The van der Waals surface area contributed by atoms with Gasteiger partial charge in [-0.2, -0.15) is 0 Å². The molecule has 0 unspecified atom stereocenters. The van der Waals surface area contributed by atoms with Crippen LogP contribution in [-0.2, 0) is 21.2 Å². The average Bonchev–Trinajstić information content (AvgIpc) is 3.44. The molecule has 39 heavy (non-hydrogen) atoms. The Balaban J connectivity index is 1.68. The molecule has 1 fully saturated rings. The number of hydrogen-bond donors (Lipinski definition) is 0. The monoisotopic (exact) mass is 556 g/mol. The van der Waals surface area contributed by atoms with Gasteiger partial charge in [0.15, 0.2) is 32.8 Å². The number of ether oxygens (including phenoxy) is 6. The molecule has 9 heteroatoms. The molecule has 0 saturated carbocycles. The van der Waals surface area contributed by atoms with Crippen LogP contribution in [-0.4, -0.2) is 42.6 Å². The summed E-state index contributed by atoms with van der Waals surface area (Å²) in [6.45, 7) is 2.61. The van der Waals surface area contributed by atoms with Gasteiger partial charge >= 0.3 is 0 Å². The van der Waals surface area contributed by atoms with Crippen molar-refractivity contribution in [3.05, 3.63) is 71.3 Å². The van der Waals surface area contributed by atoms with Crippen LogP contribution in [0.5, 0.6) is 28.7 Å². The lowest BCUT2D eigenvalue weighted by molar-refractivity contribution is 0.0434. The third-order valence-electron chi connectivity index (χ3n) is 6.58. The molecule has 3 aromatic carbocycles. The van der Waals surface area contributed by atoms with E-state index in [9.17, 15) is 8.42 Å². The average molecular weight is 557 g/mol. The minimum atomic E-state index is -3.62. The van der Waals surface area contributed by atoms with E-state index in [4.69, 9.17) is 28.4 Å². The van der Waals surface area contributed by atoms with Gasteiger partial charge in [0.2, 0.25) is 5.75 Å². The standard InChI is InChI=1S/C30H36O8S/c1-6-14-36-30-27(37-19-20-10-8-7-9-11-20)17-22(18-28(30)39(5,31)32)24-13-12-23(38-24)21-15-25(33-2)29(35-4)26(16-21)34-3/h7-11,15-18,23-24H,6,12-14,19H2,1-5H3/t23-,24-/m1/s1. The van der Waals surface area contributed by atoms with Crippen molar-refractivity contribution < 1.29 is 36.8 Å². The number of benzene rings is 3. The predicted octanol–water partition coefficient (Wildman–Crippen LogP) is 6.08. The Labute approximate surface area is 230 Å². The quantitative estimate of drug-likeness (QED) is 0.265. The van der Waals surface area contributed by atoms with Crippen LogP contribution in [0.4, 0.5) is 0 Å². The van der Waals surface area contributed by atoms with Crippen LogP contribution in [0.15, 0.2) is 59.5 Å². The second-order valence-corrected chi connectivity index (χ2v) is 11.4. The summed E-state index contributed by atoms with van der Waals surface area (Å²) in [5.74, 6) is 2.22. The van der Waals surface area contributed by atoms with E-state index in [2.05, 4.69) is 0 Å². The number of sulfone groups is 1. The van der Waals surface area contributed by atoms with Gasteiger partial charge in [-0.1, -0.05) is 37.3 Å². The first-order valence-corrected chi connectivity index (χ1v) is 14.8. The zero-order valence-corrected chi connectivity index (χ0v) is 23.9. The van der Waals surface area contributed by atoms with E-state index in [-0.39, 0.29) is 29.5 Å². The minimum absolute atomic E-state index is 0.0938. The summed E-state index contributed by atoms with van der Waals surface area (Å²) in [6, 6.07) is 17.0. The fraction of sp³-hybridized carbons (Fsp3) is 0.400. The fourth-order valence-corrected chi connectivity index (χ4v) is 5.51. The van der Waals surface area contributed by atoms with Crippen molar-refractivity contribution in [3.63, 3.8) is 0 Å². The van der Waals surface area contributed by atoms with E-state index in [1.165, 1.54) is 6.26 Å². The second kappa shape index (κ2) is 12.6. The van der Waals surface area contributed by atoms with Gasteiger partial charge in [-0.05, 0) is 60.2 Å². The summed E-state index contributed by atoms with van der Waals surface area (Å²) >= 11 is 0. The molecule has 4 rings (SSSR count). The summed E-state index contributed by atoms with van der Waals surface area (Å²) in [4.78, 5) is 0.0938. The Morgan fingerprint density at radius 3 is 1.92 bits per heavy atom. The molecule has 3 aromatic rings. The van der Waals surface area contributed by atoms with E-state index in [1.54, 1.807) is 27.4 Å². The maximum absolute atomic E-state index is 12.9. The van der Waals surface area contributed by atoms with Crippen molar-refractivity contribution in [2.45, 2.75) is 49.9 Å². The smallest absolute Gasteiger partial charge is 0.203 e. The van der Waals surface area contributed by atoms with Gasteiger partial charge < -0.3 is 28.4 Å². The molecule has 1 saturated heterocycles. The van der Waals surface area contributed by atoms with Crippen LogP contribution in [0.3, 0.4) is 0 Å². The summed E-state index contributed by atoms with van der Waals surface area (Å²) in [5.41, 5.74) is 2.57. The molecule has 0 spiro atoms. The summed E-state index contributed by atoms with van der Waals surface area (Å²) < 4.78 is 60.8. The SMILES string of the molecule is CCCOc1c(OCc2ccccc2)cc([C@H]2CC[C@H](c3cc(OC)c(OC)c(OC)c3)O2)cc1S(C)(=O)=O. The minimum Gasteiger partial charge on any atom is -0.493 e. The van der Waals surface area contributed by atoms with Crippen molar-refractivity contribution >= 4 is 9.84 Å². The molecule has 0 amide bonds. The largest absolute Gasteiger partial charge is 0.493 e. The van der Waals surface area contributed by atoms with Gasteiger partial charge in [0.1, 0.15) is 11.5 Å². The van der Waals surface area contributed by atoms with Crippen LogP contribution in [0.25, 0.3) is 0 Å². The van der Waals surface area contributed by atoms with Crippen molar-refractivity contribution in [2.75, 3.05) is 34.2 Å². The van der Waals surface area contributed by atoms with E-state index in [0.717, 1.165) is 29.5 Å². The maximum Gasteiger partial charge on any atom is 0.203 e. The number of methoxy groups -OCH3 is 3. The molecule has 1 aliphatic heterocycles. The third kappa shape index (κ3) is 6.59.